The first-order valence-electron chi connectivity index (χ1n) is 9.32. The van der Waals surface area contributed by atoms with Gasteiger partial charge in [-0.15, -0.1) is 0 Å². The van der Waals surface area contributed by atoms with Crippen molar-refractivity contribution in [1.82, 2.24) is 0 Å². The average Bonchev–Trinajstić information content (AvgIpc) is 2.68. The minimum atomic E-state index is -0.867. The highest BCUT2D eigenvalue weighted by Gasteiger charge is 2.32. The lowest BCUT2D eigenvalue weighted by Crippen LogP contribution is -2.29. The van der Waals surface area contributed by atoms with Gasteiger partial charge < -0.3 is 14.2 Å². The van der Waals surface area contributed by atoms with Crippen molar-refractivity contribution in [3.63, 3.8) is 0 Å². The van der Waals surface area contributed by atoms with E-state index in [1.54, 1.807) is 13.0 Å². The van der Waals surface area contributed by atoms with Crippen LogP contribution in [0.1, 0.15) is 32.8 Å². The Balaban J connectivity index is 2.54. The van der Waals surface area contributed by atoms with Crippen LogP contribution < -0.4 is 4.74 Å². The van der Waals surface area contributed by atoms with E-state index in [0.29, 0.717) is 18.6 Å². The summed E-state index contributed by atoms with van der Waals surface area (Å²) in [5.74, 6) is 0.304. The van der Waals surface area contributed by atoms with E-state index in [2.05, 4.69) is 13.2 Å². The van der Waals surface area contributed by atoms with Gasteiger partial charge in [0.05, 0.1) is 0 Å². The molecule has 0 fully saturated rings. The predicted octanol–water partition coefficient (Wildman–Crippen LogP) is 5.68. The zero-order chi connectivity index (χ0) is 20.6. The minimum Gasteiger partial charge on any atom is -0.467 e. The zero-order valence-electron chi connectivity index (χ0n) is 16.9. The van der Waals surface area contributed by atoms with Crippen LogP contribution in [0.15, 0.2) is 73.4 Å². The van der Waals surface area contributed by atoms with Crippen LogP contribution in [0.4, 0.5) is 0 Å². The van der Waals surface area contributed by atoms with Crippen LogP contribution in [0, 0.1) is 0 Å². The Morgan fingerprint density at radius 3 is 2.54 bits per heavy atom. The highest BCUT2D eigenvalue weighted by molar-refractivity contribution is 5.92. The molecule has 0 N–H and O–H groups in total. The molecule has 0 aliphatic carbocycles. The van der Waals surface area contributed by atoms with E-state index in [-0.39, 0.29) is 6.79 Å². The average molecular weight is 380 g/mol. The zero-order valence-corrected chi connectivity index (χ0v) is 16.9. The highest BCUT2D eigenvalue weighted by Crippen LogP contribution is 2.38. The van der Waals surface area contributed by atoms with E-state index in [1.165, 1.54) is 0 Å². The Kier molecular flexibility index (Phi) is 7.59. The number of ether oxygens (including phenoxy) is 3. The maximum absolute atomic E-state index is 12.3. The molecule has 0 radical (unpaired) electrons. The van der Waals surface area contributed by atoms with Crippen molar-refractivity contribution < 1.29 is 19.0 Å². The molecule has 28 heavy (non-hydrogen) atoms. The number of rotatable bonds is 10. The smallest absolute Gasteiger partial charge is 0.333 e. The quantitative estimate of drug-likeness (QED) is 0.175. The molecule has 0 aliphatic heterocycles. The number of allylic oxidation sites excluding steroid dienone is 2. The lowest BCUT2D eigenvalue weighted by Gasteiger charge is -2.31. The molecule has 2 rings (SSSR count). The first-order valence-corrected chi connectivity index (χ1v) is 9.32. The van der Waals surface area contributed by atoms with Crippen LogP contribution >= 0.6 is 0 Å². The maximum Gasteiger partial charge on any atom is 0.333 e. The number of benzene rings is 2. The fraction of sp³-hybridized carbons (Fsp3) is 0.292. The molecule has 1 unspecified atom stereocenters. The van der Waals surface area contributed by atoms with Crippen molar-refractivity contribution in [3.8, 4) is 5.75 Å². The van der Waals surface area contributed by atoms with Gasteiger partial charge in [-0.25, -0.2) is 4.79 Å². The predicted molar refractivity (Wildman–Crippen MR) is 113 cm³/mol. The number of carbonyl (C=O) groups is 1. The Bertz CT molecular complexity index is 881. The van der Waals surface area contributed by atoms with Crippen molar-refractivity contribution in [2.75, 3.05) is 13.4 Å². The second kappa shape index (κ2) is 9.90. The molecule has 0 aromatic heterocycles. The summed E-state index contributed by atoms with van der Waals surface area (Å²) in [5.41, 5.74) is 0.392. The van der Waals surface area contributed by atoms with Crippen LogP contribution in [0.5, 0.6) is 5.75 Å². The largest absolute Gasteiger partial charge is 0.467 e. The molecule has 2 aromatic carbocycles. The van der Waals surface area contributed by atoms with Crippen LogP contribution in [0.25, 0.3) is 10.8 Å². The van der Waals surface area contributed by atoms with E-state index in [9.17, 15) is 4.79 Å². The molecule has 0 heterocycles. The second-order valence-corrected chi connectivity index (χ2v) is 6.68. The third-order valence-electron chi connectivity index (χ3n) is 4.40. The fourth-order valence-electron chi connectivity index (χ4n) is 2.93. The van der Waals surface area contributed by atoms with Crippen molar-refractivity contribution in [3.05, 3.63) is 78.9 Å². The Morgan fingerprint density at radius 1 is 1.18 bits per heavy atom. The normalized spacial score (nSPS) is 13.2. The molecule has 0 spiro atoms. The van der Waals surface area contributed by atoms with Gasteiger partial charge >= 0.3 is 5.97 Å². The van der Waals surface area contributed by atoms with Crippen LogP contribution in [0.2, 0.25) is 0 Å². The lowest BCUT2D eigenvalue weighted by atomic mass is 9.87. The van der Waals surface area contributed by atoms with Crippen molar-refractivity contribution in [1.29, 1.82) is 0 Å². The van der Waals surface area contributed by atoms with E-state index in [4.69, 9.17) is 14.2 Å². The number of hydrogen-bond acceptors (Lipinski definition) is 4. The summed E-state index contributed by atoms with van der Waals surface area (Å²) in [4.78, 5) is 12.3. The fourth-order valence-corrected chi connectivity index (χ4v) is 2.93. The van der Waals surface area contributed by atoms with E-state index in [0.717, 1.165) is 22.1 Å². The maximum atomic E-state index is 12.3. The Hall–Kier alpha value is -2.85. The van der Waals surface area contributed by atoms with Gasteiger partial charge in [-0.3, -0.25) is 0 Å². The monoisotopic (exact) mass is 380 g/mol. The number of hydrogen-bond donors (Lipinski definition) is 0. The summed E-state index contributed by atoms with van der Waals surface area (Å²) in [5, 5.41) is 1.89. The van der Waals surface area contributed by atoms with E-state index in [1.807, 2.05) is 62.4 Å². The SMILES string of the molecule is C=CC=CCC(C)(OC(=O)C(=C)C)c1ccc(OCOCC)c2ccccc12. The molecule has 148 valence electrons. The molecule has 4 heteroatoms. The molecule has 1 atom stereocenters. The van der Waals surface area contributed by atoms with Gasteiger partial charge in [-0.2, -0.15) is 0 Å². The summed E-state index contributed by atoms with van der Waals surface area (Å²) >= 11 is 0. The topological polar surface area (TPSA) is 44.8 Å². The van der Waals surface area contributed by atoms with E-state index < -0.39 is 11.6 Å². The summed E-state index contributed by atoms with van der Waals surface area (Å²) in [6, 6.07) is 11.7. The van der Waals surface area contributed by atoms with Crippen molar-refractivity contribution in [2.24, 2.45) is 0 Å². The standard InChI is InChI=1S/C24H28O4/c1-6-8-11-16-24(5,28-23(25)18(3)4)21-14-15-22(27-17-26-7-2)20-13-10-9-12-19(20)21/h6,8-15H,1,3,7,16-17H2,2,4-5H3. The number of esters is 1. The van der Waals surface area contributed by atoms with Crippen LogP contribution in [-0.2, 0) is 19.9 Å². The molecule has 0 amide bonds. The molecule has 0 aliphatic rings. The minimum absolute atomic E-state index is 0.184. The first-order chi connectivity index (χ1) is 13.4. The molecule has 4 nitrogen and oxygen atoms in total. The molecule has 0 saturated heterocycles. The highest BCUT2D eigenvalue weighted by atomic mass is 16.7. The van der Waals surface area contributed by atoms with Gasteiger partial charge in [0.15, 0.2) is 6.79 Å². The lowest BCUT2D eigenvalue weighted by molar-refractivity contribution is -0.153. The van der Waals surface area contributed by atoms with Gasteiger partial charge in [0.25, 0.3) is 0 Å². The molecule has 0 bridgehead atoms. The molecular weight excluding hydrogens is 352 g/mol. The molecular formula is C24H28O4. The Labute approximate surface area is 167 Å². The van der Waals surface area contributed by atoms with Gasteiger partial charge in [0.1, 0.15) is 11.4 Å². The summed E-state index contributed by atoms with van der Waals surface area (Å²) in [6.45, 7) is 13.6. The summed E-state index contributed by atoms with van der Waals surface area (Å²) in [6.07, 6.45) is 5.98. The van der Waals surface area contributed by atoms with Crippen molar-refractivity contribution in [2.45, 2.75) is 32.8 Å². The third-order valence-corrected chi connectivity index (χ3v) is 4.40. The number of carbonyl (C=O) groups excluding carboxylic acids is 1. The van der Waals surface area contributed by atoms with Gasteiger partial charge in [-0.1, -0.05) is 61.7 Å². The first kappa shape index (κ1) is 21.5. The molecule has 0 saturated carbocycles. The van der Waals surface area contributed by atoms with Gasteiger partial charge in [0.2, 0.25) is 0 Å². The van der Waals surface area contributed by atoms with Crippen LogP contribution in [0.3, 0.4) is 0 Å². The summed E-state index contributed by atoms with van der Waals surface area (Å²) in [7, 11) is 0. The van der Waals surface area contributed by atoms with Crippen LogP contribution in [-0.4, -0.2) is 19.4 Å². The number of fused-ring (bicyclic) bond motifs is 1. The van der Waals surface area contributed by atoms with Crippen molar-refractivity contribution >= 4 is 16.7 Å². The second-order valence-electron chi connectivity index (χ2n) is 6.68. The summed E-state index contributed by atoms with van der Waals surface area (Å²) < 4.78 is 17.0. The van der Waals surface area contributed by atoms with Gasteiger partial charge in [-0.05, 0) is 32.2 Å². The molecule has 2 aromatic rings. The van der Waals surface area contributed by atoms with Gasteiger partial charge in [0, 0.05) is 29.6 Å². The Morgan fingerprint density at radius 2 is 1.89 bits per heavy atom. The van der Waals surface area contributed by atoms with E-state index >= 15 is 0 Å². The third kappa shape index (κ3) is 5.11.